The van der Waals surface area contributed by atoms with Crippen LogP contribution in [0.25, 0.3) is 28.0 Å². The average Bonchev–Trinajstić information content (AvgIpc) is 3.69. The number of rotatable bonds is 10. The molecule has 0 aliphatic carbocycles. The van der Waals surface area contributed by atoms with Crippen molar-refractivity contribution in [2.75, 3.05) is 51.6 Å². The second-order valence-electron chi connectivity index (χ2n) is 13.4. The predicted octanol–water partition coefficient (Wildman–Crippen LogP) is 5.21. The zero-order valence-corrected chi connectivity index (χ0v) is 27.0. The number of piperidine rings is 1. The standard InChI is InChI=1S/C36H43N9O/c1-4-27-17-30(9-10-31(27)36(46)40-20-25-11-15-45(3,16-12-25)23-26-18-37-19-26)42-34-35-39-22-33(44(35)14-13-38-34)29-7-5-28(6-8-29)32-21-41-43-24(32)2/h5-10,13-14,17,21-22,25-26,37H,4,11-12,15-16,18-20,23H2,1-3H3,(H2-,38,40,41,42,43,46)/p+1. The molecule has 5 heterocycles. The van der Waals surface area contributed by atoms with E-state index in [0.29, 0.717) is 11.7 Å². The van der Waals surface area contributed by atoms with Gasteiger partial charge in [-0.05, 0) is 48.6 Å². The number of likely N-dealkylation sites (tertiary alicyclic amines) is 1. The maximum Gasteiger partial charge on any atom is 0.251 e. The monoisotopic (exact) mass is 618 g/mol. The number of anilines is 2. The van der Waals surface area contributed by atoms with Crippen LogP contribution in [0.5, 0.6) is 0 Å². The summed E-state index contributed by atoms with van der Waals surface area (Å²) < 4.78 is 3.22. The summed E-state index contributed by atoms with van der Waals surface area (Å²) in [6.45, 7) is 10.9. The second kappa shape index (κ2) is 12.7. The van der Waals surface area contributed by atoms with Gasteiger partial charge in [0.05, 0.1) is 44.8 Å². The van der Waals surface area contributed by atoms with E-state index in [1.54, 1.807) is 6.20 Å². The molecule has 2 aromatic carbocycles. The van der Waals surface area contributed by atoms with E-state index in [2.05, 4.69) is 75.4 Å². The van der Waals surface area contributed by atoms with Gasteiger partial charge in [-0.15, -0.1) is 0 Å². The first-order valence-electron chi connectivity index (χ1n) is 16.5. The van der Waals surface area contributed by atoms with Crippen molar-refractivity contribution in [3.63, 3.8) is 0 Å². The van der Waals surface area contributed by atoms with Crippen LogP contribution in [0.2, 0.25) is 0 Å². The fourth-order valence-electron chi connectivity index (χ4n) is 7.07. The smallest absolute Gasteiger partial charge is 0.251 e. The number of hydrogen-bond acceptors (Lipinski definition) is 6. The van der Waals surface area contributed by atoms with Crippen molar-refractivity contribution in [1.29, 1.82) is 0 Å². The maximum absolute atomic E-state index is 13.3. The molecule has 10 heteroatoms. The Bertz CT molecular complexity index is 1830. The van der Waals surface area contributed by atoms with Gasteiger partial charge in [-0.3, -0.25) is 14.3 Å². The van der Waals surface area contributed by atoms with E-state index < -0.39 is 0 Å². The highest BCUT2D eigenvalue weighted by Gasteiger charge is 2.34. The molecule has 0 spiro atoms. The SMILES string of the molecule is CCc1cc(Nc2nccn3c(-c4ccc(-c5cn[nH]c5C)cc4)cnc23)ccc1C(=O)NCC1CC[N+](C)(CC2CNC2)CC1. The van der Waals surface area contributed by atoms with E-state index in [4.69, 9.17) is 4.98 Å². The summed E-state index contributed by atoms with van der Waals surface area (Å²) in [5.41, 5.74) is 8.66. The number of imidazole rings is 1. The van der Waals surface area contributed by atoms with Crippen LogP contribution in [0.3, 0.4) is 0 Å². The summed E-state index contributed by atoms with van der Waals surface area (Å²) in [4.78, 5) is 22.6. The van der Waals surface area contributed by atoms with Crippen LogP contribution in [0, 0.1) is 18.8 Å². The molecule has 2 aliphatic rings. The van der Waals surface area contributed by atoms with Gasteiger partial charge in [-0.25, -0.2) is 9.97 Å². The van der Waals surface area contributed by atoms with Crippen LogP contribution in [0.4, 0.5) is 11.5 Å². The molecule has 2 aliphatic heterocycles. The number of quaternary nitrogens is 1. The highest BCUT2D eigenvalue weighted by Crippen LogP contribution is 2.29. The lowest BCUT2D eigenvalue weighted by Gasteiger charge is -2.44. The number of carbonyl (C=O) groups excluding carboxylic acids is 1. The molecule has 1 amide bonds. The lowest BCUT2D eigenvalue weighted by Crippen LogP contribution is -2.58. The molecule has 0 atom stereocenters. The Balaban J connectivity index is 1.00. The molecule has 0 radical (unpaired) electrons. The summed E-state index contributed by atoms with van der Waals surface area (Å²) >= 11 is 0. The fraction of sp³-hybridized carbons (Fsp3) is 0.389. The highest BCUT2D eigenvalue weighted by molar-refractivity contribution is 5.96. The molecule has 238 valence electrons. The van der Waals surface area contributed by atoms with E-state index in [1.807, 2.05) is 42.0 Å². The molecular weight excluding hydrogens is 574 g/mol. The lowest BCUT2D eigenvalue weighted by atomic mass is 9.92. The number of fused-ring (bicyclic) bond motifs is 1. The lowest BCUT2D eigenvalue weighted by molar-refractivity contribution is -0.918. The molecule has 3 aromatic heterocycles. The van der Waals surface area contributed by atoms with E-state index >= 15 is 0 Å². The minimum atomic E-state index is 0.0128. The molecule has 4 N–H and O–H groups in total. The first-order valence-corrected chi connectivity index (χ1v) is 16.5. The quantitative estimate of drug-likeness (QED) is 0.160. The number of nitrogens with one attached hydrogen (secondary N) is 4. The molecule has 5 aromatic rings. The Morgan fingerprint density at radius 1 is 1.02 bits per heavy atom. The third kappa shape index (κ3) is 6.15. The third-order valence-electron chi connectivity index (χ3n) is 10.0. The van der Waals surface area contributed by atoms with Crippen LogP contribution in [-0.4, -0.2) is 81.3 Å². The first-order chi connectivity index (χ1) is 22.4. The Kier molecular flexibility index (Phi) is 8.31. The van der Waals surface area contributed by atoms with Gasteiger partial charge in [0, 0.05) is 78.9 Å². The van der Waals surface area contributed by atoms with E-state index in [0.717, 1.165) is 69.4 Å². The van der Waals surface area contributed by atoms with Crippen molar-refractivity contribution in [3.05, 3.63) is 84.1 Å². The molecule has 2 saturated heterocycles. The van der Waals surface area contributed by atoms with Gasteiger partial charge in [0.25, 0.3) is 5.91 Å². The van der Waals surface area contributed by atoms with Crippen molar-refractivity contribution >= 4 is 23.1 Å². The van der Waals surface area contributed by atoms with E-state index in [-0.39, 0.29) is 5.91 Å². The molecule has 10 nitrogen and oxygen atoms in total. The van der Waals surface area contributed by atoms with E-state index in [1.165, 1.54) is 50.0 Å². The maximum atomic E-state index is 13.3. The van der Waals surface area contributed by atoms with Gasteiger partial charge in [0.15, 0.2) is 11.5 Å². The number of aromatic nitrogens is 5. The molecular formula is C36H44N9O+. The third-order valence-corrected chi connectivity index (χ3v) is 10.0. The molecule has 2 fully saturated rings. The van der Waals surface area contributed by atoms with Gasteiger partial charge >= 0.3 is 0 Å². The molecule has 0 saturated carbocycles. The number of amides is 1. The predicted molar refractivity (Wildman–Crippen MR) is 182 cm³/mol. The van der Waals surface area contributed by atoms with Crippen molar-refractivity contribution in [1.82, 2.24) is 35.2 Å². The summed E-state index contributed by atoms with van der Waals surface area (Å²) in [5, 5.41) is 17.3. The summed E-state index contributed by atoms with van der Waals surface area (Å²) in [6, 6.07) is 14.4. The highest BCUT2D eigenvalue weighted by atomic mass is 16.1. The molecule has 0 bridgehead atoms. The number of aryl methyl sites for hydroxylation is 2. The number of carbonyl (C=O) groups is 1. The summed E-state index contributed by atoms with van der Waals surface area (Å²) in [5.74, 6) is 2.05. The second-order valence-corrected chi connectivity index (χ2v) is 13.4. The fourth-order valence-corrected chi connectivity index (χ4v) is 7.07. The van der Waals surface area contributed by atoms with Gasteiger partial charge < -0.3 is 20.4 Å². The largest absolute Gasteiger partial charge is 0.352 e. The van der Waals surface area contributed by atoms with Gasteiger partial charge in [-0.1, -0.05) is 31.2 Å². The van der Waals surface area contributed by atoms with Gasteiger partial charge in [0.1, 0.15) is 0 Å². The minimum Gasteiger partial charge on any atom is -0.352 e. The molecule has 46 heavy (non-hydrogen) atoms. The number of benzene rings is 2. The van der Waals surface area contributed by atoms with Crippen LogP contribution >= 0.6 is 0 Å². The normalized spacial score (nSPS) is 20.0. The van der Waals surface area contributed by atoms with Gasteiger partial charge in [0.2, 0.25) is 0 Å². The van der Waals surface area contributed by atoms with Crippen LogP contribution in [-0.2, 0) is 6.42 Å². The average molecular weight is 619 g/mol. The van der Waals surface area contributed by atoms with Crippen molar-refractivity contribution in [2.45, 2.75) is 33.1 Å². The summed E-state index contributed by atoms with van der Waals surface area (Å²) in [6.07, 6.45) is 10.5. The topological polar surface area (TPSA) is 112 Å². The zero-order valence-electron chi connectivity index (χ0n) is 27.0. The number of nitrogens with zero attached hydrogens (tertiary/aromatic N) is 5. The number of hydrogen-bond donors (Lipinski definition) is 4. The van der Waals surface area contributed by atoms with Crippen molar-refractivity contribution in [3.8, 4) is 22.4 Å². The van der Waals surface area contributed by atoms with Crippen LogP contribution in [0.1, 0.15) is 41.4 Å². The Morgan fingerprint density at radius 3 is 2.50 bits per heavy atom. The van der Waals surface area contributed by atoms with E-state index in [9.17, 15) is 4.79 Å². The Hall–Kier alpha value is -4.54. The summed E-state index contributed by atoms with van der Waals surface area (Å²) in [7, 11) is 2.40. The van der Waals surface area contributed by atoms with Crippen molar-refractivity contribution < 1.29 is 9.28 Å². The van der Waals surface area contributed by atoms with Gasteiger partial charge in [-0.2, -0.15) is 5.10 Å². The van der Waals surface area contributed by atoms with Crippen LogP contribution < -0.4 is 16.0 Å². The Morgan fingerprint density at radius 2 is 1.80 bits per heavy atom. The van der Waals surface area contributed by atoms with Crippen molar-refractivity contribution in [2.24, 2.45) is 11.8 Å². The number of aromatic amines is 1. The minimum absolute atomic E-state index is 0.0128. The zero-order chi connectivity index (χ0) is 31.7. The van der Waals surface area contributed by atoms with Crippen LogP contribution in [0.15, 0.2) is 67.3 Å². The first kappa shape index (κ1) is 30.1. The molecule has 0 unspecified atom stereocenters. The Labute approximate surface area is 270 Å². The number of H-pyrrole nitrogens is 1. The molecule has 7 rings (SSSR count).